The van der Waals surface area contributed by atoms with E-state index in [9.17, 15) is 0 Å². The lowest BCUT2D eigenvalue weighted by Crippen LogP contribution is -2.40. The van der Waals surface area contributed by atoms with Gasteiger partial charge in [0.25, 0.3) is 6.02 Å². The molecule has 1 saturated carbocycles. The quantitative estimate of drug-likeness (QED) is 0.693. The summed E-state index contributed by atoms with van der Waals surface area (Å²) in [6.45, 7) is 6.24. The van der Waals surface area contributed by atoms with Gasteiger partial charge in [-0.05, 0) is 31.1 Å². The van der Waals surface area contributed by atoms with Gasteiger partial charge in [0.15, 0.2) is 0 Å². The van der Waals surface area contributed by atoms with E-state index >= 15 is 0 Å². The number of rotatable bonds is 1. The maximum absolute atomic E-state index is 5.37. The van der Waals surface area contributed by atoms with E-state index in [1.54, 1.807) is 0 Å². The van der Waals surface area contributed by atoms with E-state index < -0.39 is 0 Å². The van der Waals surface area contributed by atoms with Crippen LogP contribution in [0.2, 0.25) is 0 Å². The molecule has 2 atom stereocenters. The molecule has 1 fully saturated rings. The van der Waals surface area contributed by atoms with Crippen LogP contribution in [0.15, 0.2) is 4.99 Å². The van der Waals surface area contributed by atoms with Gasteiger partial charge in [0, 0.05) is 6.04 Å². The molecule has 0 amide bonds. The molecule has 0 radical (unpaired) electrons. The van der Waals surface area contributed by atoms with Crippen molar-refractivity contribution in [3.8, 4) is 0 Å². The normalized spacial score (nSPS) is 37.6. The van der Waals surface area contributed by atoms with Crippen LogP contribution in [0.4, 0.5) is 0 Å². The van der Waals surface area contributed by atoms with Crippen molar-refractivity contribution in [2.45, 2.75) is 39.2 Å². The van der Waals surface area contributed by atoms with Gasteiger partial charge >= 0.3 is 0 Å². The van der Waals surface area contributed by atoms with Crippen molar-refractivity contribution in [2.75, 3.05) is 13.2 Å². The van der Waals surface area contributed by atoms with Gasteiger partial charge in [-0.3, -0.25) is 0 Å². The predicted molar refractivity (Wildman–Crippen MR) is 57.4 cm³/mol. The van der Waals surface area contributed by atoms with E-state index in [-0.39, 0.29) is 0 Å². The highest BCUT2D eigenvalue weighted by Crippen LogP contribution is 2.28. The third-order valence-electron chi connectivity index (χ3n) is 3.09. The van der Waals surface area contributed by atoms with Crippen LogP contribution >= 0.6 is 0 Å². The summed E-state index contributed by atoms with van der Waals surface area (Å²) in [4.78, 5) is 4.26. The minimum absolute atomic E-state index is 0.575. The van der Waals surface area contributed by atoms with Crippen molar-refractivity contribution in [3.63, 3.8) is 0 Å². The van der Waals surface area contributed by atoms with Gasteiger partial charge in [-0.15, -0.1) is 0 Å². The fourth-order valence-corrected chi connectivity index (χ4v) is 2.66. The van der Waals surface area contributed by atoms with Crippen molar-refractivity contribution >= 4 is 6.02 Å². The lowest BCUT2D eigenvalue weighted by Gasteiger charge is -2.32. The predicted octanol–water partition coefficient (Wildman–Crippen LogP) is 1.79. The van der Waals surface area contributed by atoms with Crippen molar-refractivity contribution in [1.29, 1.82) is 0 Å². The Morgan fingerprint density at radius 1 is 1.21 bits per heavy atom. The summed E-state index contributed by atoms with van der Waals surface area (Å²) in [6, 6.07) is 1.35. The van der Waals surface area contributed by atoms with Crippen molar-refractivity contribution in [1.82, 2.24) is 5.32 Å². The molecule has 3 heteroatoms. The monoisotopic (exact) mass is 196 g/mol. The van der Waals surface area contributed by atoms with E-state index in [2.05, 4.69) is 24.2 Å². The number of nitrogens with zero attached hydrogens (tertiary/aromatic N) is 1. The zero-order chi connectivity index (χ0) is 9.97. The Kier molecular flexibility index (Phi) is 2.94. The second-order valence-corrected chi connectivity index (χ2v) is 4.79. The summed E-state index contributed by atoms with van der Waals surface area (Å²) in [5.41, 5.74) is 0. The van der Waals surface area contributed by atoms with Crippen LogP contribution in [0.1, 0.15) is 33.1 Å². The first-order valence-corrected chi connectivity index (χ1v) is 5.68. The standard InChI is InChI=1S/C11H20N2O/c1-8-5-9(2)7-10(6-8)13-11-12-3-4-14-11/h8-10H,3-7H2,1-2H3,(H,12,13)/t8-,9-/m0/s1. The summed E-state index contributed by atoms with van der Waals surface area (Å²) < 4.78 is 5.37. The van der Waals surface area contributed by atoms with Crippen LogP contribution < -0.4 is 5.32 Å². The minimum atomic E-state index is 0.575. The molecule has 0 aromatic heterocycles. The summed E-state index contributed by atoms with van der Waals surface area (Å²) in [7, 11) is 0. The van der Waals surface area contributed by atoms with E-state index in [0.717, 1.165) is 31.0 Å². The number of aliphatic imine (C=N–C) groups is 1. The highest BCUT2D eigenvalue weighted by atomic mass is 16.5. The molecule has 1 aliphatic carbocycles. The van der Waals surface area contributed by atoms with Crippen LogP contribution in [0.3, 0.4) is 0 Å². The second kappa shape index (κ2) is 4.20. The van der Waals surface area contributed by atoms with E-state index in [1.807, 2.05) is 0 Å². The Balaban J connectivity index is 1.84. The molecule has 0 aromatic rings. The van der Waals surface area contributed by atoms with Gasteiger partial charge in [0.05, 0.1) is 6.54 Å². The molecule has 2 aliphatic rings. The summed E-state index contributed by atoms with van der Waals surface area (Å²) in [5, 5.41) is 3.41. The Hall–Kier alpha value is -0.730. The molecule has 0 spiro atoms. The van der Waals surface area contributed by atoms with Crippen LogP contribution in [0.5, 0.6) is 0 Å². The molecule has 0 unspecified atom stereocenters. The van der Waals surface area contributed by atoms with Gasteiger partial charge in [0.1, 0.15) is 6.61 Å². The fraction of sp³-hybridized carbons (Fsp3) is 0.909. The molecule has 14 heavy (non-hydrogen) atoms. The molecule has 1 heterocycles. The van der Waals surface area contributed by atoms with Crippen molar-refractivity contribution < 1.29 is 4.74 Å². The van der Waals surface area contributed by atoms with Crippen LogP contribution in [-0.2, 0) is 4.74 Å². The average molecular weight is 196 g/mol. The second-order valence-electron chi connectivity index (χ2n) is 4.79. The smallest absolute Gasteiger partial charge is 0.285 e. The summed E-state index contributed by atoms with van der Waals surface area (Å²) in [6.07, 6.45) is 3.88. The van der Waals surface area contributed by atoms with E-state index in [4.69, 9.17) is 4.74 Å². The molecule has 0 aromatic carbocycles. The lowest BCUT2D eigenvalue weighted by atomic mass is 9.80. The highest BCUT2D eigenvalue weighted by molar-refractivity contribution is 5.75. The Morgan fingerprint density at radius 3 is 2.50 bits per heavy atom. The maximum atomic E-state index is 5.37. The maximum Gasteiger partial charge on any atom is 0.285 e. The molecule has 80 valence electrons. The molecular formula is C11H20N2O. The summed E-state index contributed by atoms with van der Waals surface area (Å²) >= 11 is 0. The first kappa shape index (κ1) is 9.81. The number of amidine groups is 1. The number of ether oxygens (including phenoxy) is 1. The molecule has 0 saturated heterocycles. The Labute approximate surface area is 85.9 Å². The highest BCUT2D eigenvalue weighted by Gasteiger charge is 2.25. The zero-order valence-electron chi connectivity index (χ0n) is 9.12. The first-order valence-electron chi connectivity index (χ1n) is 5.68. The topological polar surface area (TPSA) is 33.6 Å². The van der Waals surface area contributed by atoms with Gasteiger partial charge in [0.2, 0.25) is 0 Å². The van der Waals surface area contributed by atoms with Crippen LogP contribution in [-0.4, -0.2) is 25.2 Å². The Morgan fingerprint density at radius 2 is 1.93 bits per heavy atom. The first-order chi connectivity index (χ1) is 6.74. The molecule has 3 nitrogen and oxygen atoms in total. The SMILES string of the molecule is C[C@@H]1CC(NC2=NCCO2)C[C@@H](C)C1. The number of hydrogen-bond acceptors (Lipinski definition) is 3. The minimum Gasteiger partial charge on any atom is -0.463 e. The zero-order valence-corrected chi connectivity index (χ0v) is 9.12. The third-order valence-corrected chi connectivity index (χ3v) is 3.09. The number of hydrogen-bond donors (Lipinski definition) is 1. The molecule has 0 bridgehead atoms. The fourth-order valence-electron chi connectivity index (χ4n) is 2.66. The third kappa shape index (κ3) is 2.40. The van der Waals surface area contributed by atoms with Gasteiger partial charge < -0.3 is 10.1 Å². The van der Waals surface area contributed by atoms with Crippen LogP contribution in [0, 0.1) is 11.8 Å². The Bertz CT molecular complexity index is 217. The molecule has 1 N–H and O–H groups in total. The molecular weight excluding hydrogens is 176 g/mol. The molecule has 1 aliphatic heterocycles. The van der Waals surface area contributed by atoms with Crippen molar-refractivity contribution in [3.05, 3.63) is 0 Å². The van der Waals surface area contributed by atoms with Crippen molar-refractivity contribution in [2.24, 2.45) is 16.8 Å². The number of nitrogens with one attached hydrogen (secondary N) is 1. The van der Waals surface area contributed by atoms with Gasteiger partial charge in [-0.2, -0.15) is 0 Å². The van der Waals surface area contributed by atoms with E-state index in [0.29, 0.717) is 6.04 Å². The average Bonchev–Trinajstić information content (AvgIpc) is 2.54. The van der Waals surface area contributed by atoms with E-state index in [1.165, 1.54) is 19.3 Å². The van der Waals surface area contributed by atoms with Gasteiger partial charge in [-0.1, -0.05) is 13.8 Å². The largest absolute Gasteiger partial charge is 0.463 e. The lowest BCUT2D eigenvalue weighted by molar-refractivity contribution is 0.241. The summed E-state index contributed by atoms with van der Waals surface area (Å²) in [5.74, 6) is 1.66. The van der Waals surface area contributed by atoms with Crippen LogP contribution in [0.25, 0.3) is 0 Å². The molecule has 2 rings (SSSR count). The van der Waals surface area contributed by atoms with Gasteiger partial charge in [-0.25, -0.2) is 4.99 Å².